The van der Waals surface area contributed by atoms with Crippen molar-refractivity contribution in [3.05, 3.63) is 36.0 Å². The Kier molecular flexibility index (Phi) is 10.3. The third kappa shape index (κ3) is 11.5. The average molecular weight is 276 g/mol. The van der Waals surface area contributed by atoms with Gasteiger partial charge in [0.15, 0.2) is 0 Å². The van der Waals surface area contributed by atoms with Gasteiger partial charge >= 0.3 is 0 Å². The molecular weight excluding hydrogens is 252 g/mol. The van der Waals surface area contributed by atoms with E-state index < -0.39 is 12.2 Å². The maximum absolute atomic E-state index is 10.8. The van der Waals surface area contributed by atoms with Gasteiger partial charge < -0.3 is 15.0 Å². The number of rotatable bonds is 9. The van der Waals surface area contributed by atoms with Crippen molar-refractivity contribution in [1.29, 1.82) is 0 Å². The maximum Gasteiger partial charge on any atom is 0.129 e. The molecule has 2 atom stereocenters. The number of hydrogen-bond donors (Lipinski definition) is 2. The number of allylic oxidation sites excluding steroid dienone is 4. The summed E-state index contributed by atoms with van der Waals surface area (Å²) in [5.74, 6) is 2.52. The van der Waals surface area contributed by atoms with Crippen LogP contribution in [-0.2, 0) is 4.79 Å². The van der Waals surface area contributed by atoms with E-state index in [0.29, 0.717) is 25.7 Å². The minimum Gasteiger partial charge on any atom is -0.389 e. The molecule has 0 radical (unpaired) electrons. The van der Waals surface area contributed by atoms with Gasteiger partial charge in [0.05, 0.1) is 12.2 Å². The molecule has 0 spiro atoms. The quantitative estimate of drug-likeness (QED) is 0.502. The first-order valence-corrected chi connectivity index (χ1v) is 6.78. The fourth-order valence-electron chi connectivity index (χ4n) is 1.59. The number of aliphatic hydroxyl groups excluding tert-OH is 2. The predicted molar refractivity (Wildman–Crippen MR) is 82.0 cm³/mol. The molecule has 0 bridgehead atoms. The molecule has 0 aliphatic rings. The smallest absolute Gasteiger partial charge is 0.129 e. The van der Waals surface area contributed by atoms with Crippen LogP contribution in [0.3, 0.4) is 0 Å². The van der Waals surface area contributed by atoms with Crippen LogP contribution in [-0.4, -0.2) is 28.2 Å². The minimum absolute atomic E-state index is 0.147. The van der Waals surface area contributed by atoms with Crippen molar-refractivity contribution < 1.29 is 15.0 Å². The Bertz CT molecular complexity index is 410. The Hall–Kier alpha value is -1.63. The highest BCUT2D eigenvalue weighted by atomic mass is 16.3. The van der Waals surface area contributed by atoms with Gasteiger partial charge in [0.2, 0.25) is 0 Å². The zero-order chi connectivity index (χ0) is 15.4. The van der Waals surface area contributed by atoms with Crippen LogP contribution < -0.4 is 0 Å². The number of terminal acetylenes is 1. The van der Waals surface area contributed by atoms with E-state index in [1.54, 1.807) is 31.2 Å². The molecule has 3 heteroatoms. The highest BCUT2D eigenvalue weighted by Gasteiger charge is 2.01. The van der Waals surface area contributed by atoms with E-state index in [0.717, 1.165) is 5.57 Å². The first-order valence-electron chi connectivity index (χ1n) is 6.78. The van der Waals surface area contributed by atoms with Gasteiger partial charge in [-0.15, -0.1) is 12.3 Å². The highest BCUT2D eigenvalue weighted by Crippen LogP contribution is 2.06. The number of ketones is 1. The van der Waals surface area contributed by atoms with E-state index >= 15 is 0 Å². The third-order valence-electron chi connectivity index (χ3n) is 2.61. The van der Waals surface area contributed by atoms with Crippen LogP contribution in [0, 0.1) is 12.3 Å². The molecule has 1 unspecified atom stereocenters. The van der Waals surface area contributed by atoms with Crippen molar-refractivity contribution in [2.75, 3.05) is 0 Å². The molecule has 3 nitrogen and oxygen atoms in total. The second-order valence-electron chi connectivity index (χ2n) is 4.79. The molecule has 0 aliphatic carbocycles. The number of Topliss-reactive ketones (excluding diaryl/α,β-unsaturated/α-hetero) is 1. The van der Waals surface area contributed by atoms with Crippen LogP contribution in [0.1, 0.15) is 39.5 Å². The standard InChI is InChI=1S/C17H24O3/c1-4-8-16(19)11-6-5-9-14(2)13-17(20)12-7-10-15(3)18/h1,5-6,9,11,13,16-17,19-20H,7-8,10,12H2,2-3H3/b9-5+,11-6+,14-13-/t16-,17?/m1/s1. The van der Waals surface area contributed by atoms with E-state index in [2.05, 4.69) is 5.92 Å². The summed E-state index contributed by atoms with van der Waals surface area (Å²) in [4.78, 5) is 10.8. The Morgan fingerprint density at radius 3 is 2.55 bits per heavy atom. The van der Waals surface area contributed by atoms with Gasteiger partial charge in [-0.1, -0.05) is 36.0 Å². The third-order valence-corrected chi connectivity index (χ3v) is 2.61. The van der Waals surface area contributed by atoms with Crippen molar-refractivity contribution in [2.24, 2.45) is 0 Å². The van der Waals surface area contributed by atoms with Gasteiger partial charge in [0.1, 0.15) is 5.78 Å². The summed E-state index contributed by atoms with van der Waals surface area (Å²) in [6, 6.07) is 0. The minimum atomic E-state index is -0.619. The normalized spacial score (nSPS) is 15.4. The molecule has 2 N–H and O–H groups in total. The lowest BCUT2D eigenvalue weighted by molar-refractivity contribution is -0.117. The SMILES string of the molecule is C#CC[C@@H](O)/C=C/C=C/C(C)=C\C(O)CCCC(C)=O. The molecular formula is C17H24O3. The first-order chi connectivity index (χ1) is 9.45. The number of carbonyl (C=O) groups is 1. The van der Waals surface area contributed by atoms with E-state index in [4.69, 9.17) is 6.42 Å². The molecule has 0 rings (SSSR count). The van der Waals surface area contributed by atoms with Gasteiger partial charge in [0, 0.05) is 12.8 Å². The number of hydrogen-bond acceptors (Lipinski definition) is 3. The lowest BCUT2D eigenvalue weighted by atomic mass is 10.1. The second kappa shape index (κ2) is 11.2. The summed E-state index contributed by atoms with van der Waals surface area (Å²) in [6.07, 6.45) is 14.7. The summed E-state index contributed by atoms with van der Waals surface area (Å²) in [6.45, 7) is 3.44. The fourth-order valence-corrected chi connectivity index (χ4v) is 1.59. The maximum atomic E-state index is 10.8. The molecule has 20 heavy (non-hydrogen) atoms. The molecule has 0 heterocycles. The Labute approximate surface area is 121 Å². The fraction of sp³-hybridized carbons (Fsp3) is 0.471. The van der Waals surface area contributed by atoms with E-state index in [-0.39, 0.29) is 5.78 Å². The summed E-state index contributed by atoms with van der Waals surface area (Å²) >= 11 is 0. The lowest BCUT2D eigenvalue weighted by Gasteiger charge is -2.05. The molecule has 110 valence electrons. The Balaban J connectivity index is 4.11. The van der Waals surface area contributed by atoms with Crippen molar-refractivity contribution in [3.8, 4) is 12.3 Å². The van der Waals surface area contributed by atoms with Crippen molar-refractivity contribution >= 4 is 5.78 Å². The zero-order valence-corrected chi connectivity index (χ0v) is 12.2. The van der Waals surface area contributed by atoms with Crippen molar-refractivity contribution in [3.63, 3.8) is 0 Å². The molecule has 0 saturated carbocycles. The Morgan fingerprint density at radius 2 is 1.95 bits per heavy atom. The molecule has 0 fully saturated rings. The van der Waals surface area contributed by atoms with Crippen LogP contribution in [0.25, 0.3) is 0 Å². The van der Waals surface area contributed by atoms with Crippen LogP contribution >= 0.6 is 0 Å². The topological polar surface area (TPSA) is 57.5 Å². The first kappa shape index (κ1) is 18.4. The zero-order valence-electron chi connectivity index (χ0n) is 12.2. The van der Waals surface area contributed by atoms with Gasteiger partial charge in [0.25, 0.3) is 0 Å². The van der Waals surface area contributed by atoms with Gasteiger partial charge in [-0.3, -0.25) is 0 Å². The van der Waals surface area contributed by atoms with Crippen LogP contribution in [0.5, 0.6) is 0 Å². The van der Waals surface area contributed by atoms with Crippen molar-refractivity contribution in [2.45, 2.75) is 51.7 Å². The average Bonchev–Trinajstić information content (AvgIpc) is 2.34. The second-order valence-corrected chi connectivity index (χ2v) is 4.79. The summed E-state index contributed by atoms with van der Waals surface area (Å²) in [5.41, 5.74) is 0.927. The summed E-state index contributed by atoms with van der Waals surface area (Å²) in [5, 5.41) is 19.1. The van der Waals surface area contributed by atoms with Gasteiger partial charge in [-0.25, -0.2) is 0 Å². The number of aliphatic hydroxyl groups is 2. The van der Waals surface area contributed by atoms with Gasteiger partial charge in [-0.05, 0) is 26.7 Å². The van der Waals surface area contributed by atoms with Crippen LogP contribution in [0.15, 0.2) is 36.0 Å². The largest absolute Gasteiger partial charge is 0.389 e. The van der Waals surface area contributed by atoms with Crippen LogP contribution in [0.4, 0.5) is 0 Å². The molecule has 0 aromatic rings. The van der Waals surface area contributed by atoms with Crippen LogP contribution in [0.2, 0.25) is 0 Å². The monoisotopic (exact) mass is 276 g/mol. The highest BCUT2D eigenvalue weighted by molar-refractivity contribution is 5.75. The Morgan fingerprint density at radius 1 is 1.25 bits per heavy atom. The predicted octanol–water partition coefficient (Wildman–Crippen LogP) is 2.55. The summed E-state index contributed by atoms with van der Waals surface area (Å²) in [7, 11) is 0. The molecule has 0 aromatic carbocycles. The molecule has 0 amide bonds. The summed E-state index contributed by atoms with van der Waals surface area (Å²) < 4.78 is 0. The van der Waals surface area contributed by atoms with Gasteiger partial charge in [-0.2, -0.15) is 0 Å². The molecule has 0 aromatic heterocycles. The lowest BCUT2D eigenvalue weighted by Crippen LogP contribution is -2.03. The van der Waals surface area contributed by atoms with E-state index in [1.165, 1.54) is 0 Å². The van der Waals surface area contributed by atoms with E-state index in [9.17, 15) is 15.0 Å². The van der Waals surface area contributed by atoms with Crippen molar-refractivity contribution in [1.82, 2.24) is 0 Å². The molecule has 0 saturated heterocycles. The van der Waals surface area contributed by atoms with E-state index in [1.807, 2.05) is 13.0 Å². The number of carbonyl (C=O) groups excluding carboxylic acids is 1. The molecule has 0 aliphatic heterocycles.